The monoisotopic (exact) mass is 1130 g/mol. The Bertz CT molecular complexity index is 2230. The summed E-state index contributed by atoms with van der Waals surface area (Å²) < 4.78 is 27.0. The third kappa shape index (κ3) is 6.48. The van der Waals surface area contributed by atoms with Gasteiger partial charge < -0.3 is 40.0 Å². The van der Waals surface area contributed by atoms with Gasteiger partial charge in [-0.15, -0.1) is 0 Å². The van der Waals surface area contributed by atoms with Gasteiger partial charge in [-0.25, -0.2) is 9.59 Å². The fourth-order valence-electron chi connectivity index (χ4n) is 6.04. The number of phenolic OH excluding ortho intramolecular Hbond substituents is 2. The first kappa shape index (κ1) is 36.0. The van der Waals surface area contributed by atoms with Gasteiger partial charge in [0.1, 0.15) is 34.8 Å². The highest BCUT2D eigenvalue weighted by molar-refractivity contribution is 14.1. The van der Waals surface area contributed by atoms with Gasteiger partial charge in [0, 0.05) is 28.8 Å². The van der Waals surface area contributed by atoms with Crippen molar-refractivity contribution >= 4 is 108 Å². The SMILES string of the molecule is N[C@H](Cc1cc(I)c(Oc2cc(I)c(OC(=O)c3cccc4c3C(=O)OC43c4ccc(O)cc4Oc4cc(O)ccc43)c(I)c2)c(I)c1)C(=O)O. The van der Waals surface area contributed by atoms with E-state index in [2.05, 4.69) is 45.2 Å². The number of nitrogens with two attached hydrogens (primary N) is 1. The normalized spacial score (nSPS) is 14.1. The molecule has 1 atom stereocenters. The zero-order chi connectivity index (χ0) is 36.4. The Morgan fingerprint density at radius 1 is 0.784 bits per heavy atom. The number of carbonyl (C=O) groups excluding carboxylic acids is 2. The Balaban J connectivity index is 1.21. The summed E-state index contributed by atoms with van der Waals surface area (Å²) in [4.78, 5) is 38.9. The average molecular weight is 1140 g/mol. The number of aliphatic carboxylic acids is 1. The van der Waals surface area contributed by atoms with E-state index in [0.717, 1.165) is 12.7 Å². The molecule has 2 heterocycles. The molecular weight excluding hydrogens is 1110 g/mol. The molecule has 0 unspecified atom stereocenters. The maximum absolute atomic E-state index is 13.9. The minimum atomic E-state index is -1.54. The van der Waals surface area contributed by atoms with E-state index < -0.39 is 29.6 Å². The molecule has 7 rings (SSSR count). The second-order valence-corrected chi connectivity index (χ2v) is 16.2. The van der Waals surface area contributed by atoms with Gasteiger partial charge in [0.25, 0.3) is 0 Å². The Hall–Kier alpha value is -3.41. The number of phenols is 2. The van der Waals surface area contributed by atoms with Gasteiger partial charge in [0.15, 0.2) is 17.1 Å². The summed E-state index contributed by atoms with van der Waals surface area (Å²) in [6.45, 7) is 0. The van der Waals surface area contributed by atoms with Gasteiger partial charge in [-0.3, -0.25) is 4.79 Å². The van der Waals surface area contributed by atoms with Crippen LogP contribution in [0.1, 0.15) is 43.0 Å². The number of halogens is 4. The highest BCUT2D eigenvalue weighted by Crippen LogP contribution is 2.57. The maximum Gasteiger partial charge on any atom is 0.344 e. The van der Waals surface area contributed by atoms with E-state index in [1.165, 1.54) is 30.3 Å². The molecule has 51 heavy (non-hydrogen) atoms. The van der Waals surface area contributed by atoms with Gasteiger partial charge in [0.05, 0.1) is 25.4 Å². The smallest absolute Gasteiger partial charge is 0.344 e. The van der Waals surface area contributed by atoms with E-state index in [0.29, 0.717) is 35.3 Å². The van der Waals surface area contributed by atoms with Crippen LogP contribution in [0.4, 0.5) is 0 Å². The summed E-state index contributed by atoms with van der Waals surface area (Å²) in [5, 5.41) is 29.6. The molecule has 5 aromatic rings. The Morgan fingerprint density at radius 3 is 1.92 bits per heavy atom. The largest absolute Gasteiger partial charge is 0.508 e. The lowest BCUT2D eigenvalue weighted by Gasteiger charge is -2.36. The van der Waals surface area contributed by atoms with Crippen LogP contribution in [0, 0.1) is 14.3 Å². The number of esters is 2. The van der Waals surface area contributed by atoms with Gasteiger partial charge in [-0.2, -0.15) is 0 Å². The molecule has 5 aromatic carbocycles. The summed E-state index contributed by atoms with van der Waals surface area (Å²) in [7, 11) is 0. The van der Waals surface area contributed by atoms with Crippen LogP contribution in [-0.2, 0) is 21.6 Å². The third-order valence-corrected chi connectivity index (χ3v) is 11.4. The summed E-state index contributed by atoms with van der Waals surface area (Å²) in [5.74, 6) is -1.01. The zero-order valence-corrected chi connectivity index (χ0v) is 34.2. The van der Waals surface area contributed by atoms with Crippen LogP contribution in [-0.4, -0.2) is 39.3 Å². The number of hydrogen-bond donors (Lipinski definition) is 4. The lowest BCUT2D eigenvalue weighted by molar-refractivity contribution is -0.138. The second kappa shape index (κ2) is 13.9. The van der Waals surface area contributed by atoms with Crippen molar-refractivity contribution in [2.45, 2.75) is 18.1 Å². The highest BCUT2D eigenvalue weighted by Gasteiger charge is 2.55. The van der Waals surface area contributed by atoms with Gasteiger partial charge in [0.2, 0.25) is 0 Å². The lowest BCUT2D eigenvalue weighted by atomic mass is 9.77. The number of carboxylic acid groups (broad SMARTS) is 1. The van der Waals surface area contributed by atoms with Crippen LogP contribution in [0.15, 0.2) is 78.9 Å². The number of ether oxygens (including phenoxy) is 4. The van der Waals surface area contributed by atoms with E-state index in [1.54, 1.807) is 36.4 Å². The van der Waals surface area contributed by atoms with Crippen LogP contribution in [0.5, 0.6) is 40.2 Å². The molecule has 0 aliphatic carbocycles. The van der Waals surface area contributed by atoms with E-state index in [4.69, 9.17) is 24.7 Å². The highest BCUT2D eigenvalue weighted by atomic mass is 127. The third-order valence-electron chi connectivity index (χ3n) is 8.24. The molecule has 1 spiro atoms. The molecule has 0 fully saturated rings. The van der Waals surface area contributed by atoms with Crippen molar-refractivity contribution in [3.05, 3.63) is 127 Å². The van der Waals surface area contributed by atoms with Crippen molar-refractivity contribution in [3.8, 4) is 40.2 Å². The van der Waals surface area contributed by atoms with Crippen molar-refractivity contribution in [1.29, 1.82) is 0 Å². The average Bonchev–Trinajstić information content (AvgIpc) is 3.36. The first-order valence-electron chi connectivity index (χ1n) is 14.8. The van der Waals surface area contributed by atoms with E-state index in [1.807, 2.05) is 57.3 Å². The standard InChI is InChI=1S/C36H21I4NO10/c37-23-8-15(10-27(41)33(44)45)9-24(38)31(23)48-18-13-25(39)32(26(40)14-18)50-34(46)19-2-1-3-22-30(19)35(47)51-36(22)20-6-4-16(42)11-28(20)49-29-12-17(43)5-7-21(29)36/h1-9,11-14,27,42-43H,10,41H2,(H,44,45)/t27-/m1/s1. The van der Waals surface area contributed by atoms with Gasteiger partial charge >= 0.3 is 17.9 Å². The fraction of sp³-hybridized carbons (Fsp3) is 0.0833. The quantitative estimate of drug-likeness (QED) is 0.0706. The molecule has 2 aliphatic rings. The predicted octanol–water partition coefficient (Wildman–Crippen LogP) is 8.05. The topological polar surface area (TPSA) is 175 Å². The first-order chi connectivity index (χ1) is 24.3. The summed E-state index contributed by atoms with van der Waals surface area (Å²) in [6.07, 6.45) is 0.172. The Kier molecular flexibility index (Phi) is 9.77. The molecule has 5 N–H and O–H groups in total. The van der Waals surface area contributed by atoms with Crippen molar-refractivity contribution < 1.29 is 48.7 Å². The maximum atomic E-state index is 13.9. The molecule has 0 amide bonds. The number of carbonyl (C=O) groups is 3. The van der Waals surface area contributed by atoms with E-state index >= 15 is 0 Å². The van der Waals surface area contributed by atoms with E-state index in [9.17, 15) is 29.7 Å². The molecule has 11 nitrogen and oxygen atoms in total. The number of fused-ring (bicyclic) bond motifs is 6. The van der Waals surface area contributed by atoms with E-state index in [-0.39, 0.29) is 46.3 Å². The molecule has 0 bridgehead atoms. The molecule has 0 radical (unpaired) electrons. The molecule has 2 aliphatic heterocycles. The summed E-state index contributed by atoms with van der Waals surface area (Å²) >= 11 is 8.34. The van der Waals surface area contributed by atoms with Crippen LogP contribution in [0.2, 0.25) is 0 Å². The zero-order valence-electron chi connectivity index (χ0n) is 25.6. The number of hydrogen-bond acceptors (Lipinski definition) is 10. The molecule has 0 saturated carbocycles. The fourth-order valence-corrected chi connectivity index (χ4v) is 10.1. The summed E-state index contributed by atoms with van der Waals surface area (Å²) in [6, 6.07) is 19.7. The number of rotatable bonds is 7. The van der Waals surface area contributed by atoms with Crippen LogP contribution in [0.25, 0.3) is 0 Å². The lowest BCUT2D eigenvalue weighted by Crippen LogP contribution is -2.32. The van der Waals surface area contributed by atoms with Crippen LogP contribution < -0.4 is 19.9 Å². The van der Waals surface area contributed by atoms with Crippen molar-refractivity contribution in [2.24, 2.45) is 5.73 Å². The second-order valence-electron chi connectivity index (χ2n) is 11.5. The van der Waals surface area contributed by atoms with Gasteiger partial charge in [-0.1, -0.05) is 12.1 Å². The summed E-state index contributed by atoms with van der Waals surface area (Å²) in [5.41, 5.74) is 6.19. The molecule has 0 aromatic heterocycles. The van der Waals surface area contributed by atoms with Crippen LogP contribution >= 0.6 is 90.4 Å². The first-order valence-corrected chi connectivity index (χ1v) is 19.2. The van der Waals surface area contributed by atoms with Gasteiger partial charge in [-0.05, 0) is 157 Å². The minimum absolute atomic E-state index is 0.0136. The predicted molar refractivity (Wildman–Crippen MR) is 216 cm³/mol. The Morgan fingerprint density at radius 2 is 1.35 bits per heavy atom. The van der Waals surface area contributed by atoms with Crippen LogP contribution in [0.3, 0.4) is 0 Å². The number of carboxylic acids is 1. The Labute approximate surface area is 344 Å². The molecule has 258 valence electrons. The molecule has 0 saturated heterocycles. The minimum Gasteiger partial charge on any atom is -0.508 e. The van der Waals surface area contributed by atoms with Crippen molar-refractivity contribution in [3.63, 3.8) is 0 Å². The molecular formula is C36H21I4NO10. The van der Waals surface area contributed by atoms with Crippen molar-refractivity contribution in [1.82, 2.24) is 0 Å². The molecule has 15 heteroatoms. The number of benzene rings is 5. The van der Waals surface area contributed by atoms with Crippen molar-refractivity contribution in [2.75, 3.05) is 0 Å². The number of aromatic hydroxyl groups is 2.